The number of hydrogen-bond donors (Lipinski definition) is 3. The van der Waals surface area contributed by atoms with Crippen LogP contribution in [0.25, 0.3) is 11.1 Å². The highest BCUT2D eigenvalue weighted by Crippen LogP contribution is 2.27. The molecule has 100 valence electrons. The molecule has 0 saturated heterocycles. The fourth-order valence-electron chi connectivity index (χ4n) is 2.24. The second kappa shape index (κ2) is 5.09. The number of imidazole rings is 1. The molecule has 4 nitrogen and oxygen atoms in total. The minimum absolute atomic E-state index is 0.294. The van der Waals surface area contributed by atoms with Gasteiger partial charge in [-0.25, -0.2) is 0 Å². The zero-order chi connectivity index (χ0) is 13.9. The van der Waals surface area contributed by atoms with Gasteiger partial charge < -0.3 is 15.2 Å². The van der Waals surface area contributed by atoms with Gasteiger partial charge in [-0.3, -0.25) is 0 Å². The molecule has 0 spiro atoms. The molecular weight excluding hydrogens is 252 g/mol. The average Bonchev–Trinajstić information content (AvgIpc) is 2.79. The number of aromatic nitrogens is 2. The Kier molecular flexibility index (Phi) is 3.13. The van der Waals surface area contributed by atoms with Crippen molar-refractivity contribution in [3.63, 3.8) is 0 Å². The molecule has 0 unspecified atom stereocenters. The summed E-state index contributed by atoms with van der Waals surface area (Å²) in [5.74, 6) is -0.127. The van der Waals surface area contributed by atoms with E-state index in [1.54, 1.807) is 0 Å². The van der Waals surface area contributed by atoms with Crippen LogP contribution in [0.2, 0.25) is 0 Å². The smallest absolute Gasteiger partial charge is 0.275 e. The first kappa shape index (κ1) is 12.3. The van der Waals surface area contributed by atoms with Gasteiger partial charge in [0.2, 0.25) is 0 Å². The first-order chi connectivity index (χ1) is 9.74. The highest BCUT2D eigenvalue weighted by atomic mass is 16.3. The van der Waals surface area contributed by atoms with Crippen LogP contribution in [-0.2, 0) is 6.42 Å². The van der Waals surface area contributed by atoms with Gasteiger partial charge in [0, 0.05) is 6.42 Å². The molecule has 2 aromatic carbocycles. The van der Waals surface area contributed by atoms with Crippen LogP contribution >= 0.6 is 0 Å². The molecule has 0 atom stereocenters. The van der Waals surface area contributed by atoms with Crippen molar-refractivity contribution in [3.05, 3.63) is 66.0 Å². The SMILES string of the molecule is Oc1nc(Cc2ccccc2-c2ccccc2)[nH]c1O. The zero-order valence-corrected chi connectivity index (χ0v) is 10.7. The van der Waals surface area contributed by atoms with Crippen LogP contribution < -0.4 is 0 Å². The van der Waals surface area contributed by atoms with E-state index < -0.39 is 0 Å². The quantitative estimate of drug-likeness (QED) is 0.682. The molecule has 1 aromatic heterocycles. The van der Waals surface area contributed by atoms with Gasteiger partial charge in [-0.15, -0.1) is 0 Å². The molecule has 0 amide bonds. The Hall–Kier alpha value is -2.75. The van der Waals surface area contributed by atoms with E-state index in [0.29, 0.717) is 12.2 Å². The highest BCUT2D eigenvalue weighted by Gasteiger charge is 2.10. The van der Waals surface area contributed by atoms with Crippen molar-refractivity contribution >= 4 is 0 Å². The van der Waals surface area contributed by atoms with Crippen LogP contribution in [-0.4, -0.2) is 20.2 Å². The van der Waals surface area contributed by atoms with Crippen LogP contribution in [0, 0.1) is 0 Å². The molecule has 0 fully saturated rings. The third-order valence-electron chi connectivity index (χ3n) is 3.18. The highest BCUT2D eigenvalue weighted by molar-refractivity contribution is 5.67. The van der Waals surface area contributed by atoms with Crippen LogP contribution in [0.4, 0.5) is 0 Å². The van der Waals surface area contributed by atoms with Gasteiger partial charge in [-0.1, -0.05) is 54.6 Å². The fourth-order valence-corrected chi connectivity index (χ4v) is 2.24. The van der Waals surface area contributed by atoms with E-state index >= 15 is 0 Å². The van der Waals surface area contributed by atoms with Crippen molar-refractivity contribution in [2.24, 2.45) is 0 Å². The summed E-state index contributed by atoms with van der Waals surface area (Å²) in [5.41, 5.74) is 3.32. The molecule has 0 aliphatic carbocycles. The Bertz CT molecular complexity index is 701. The lowest BCUT2D eigenvalue weighted by atomic mass is 9.98. The topological polar surface area (TPSA) is 69.1 Å². The maximum absolute atomic E-state index is 9.34. The molecular formula is C16H14N2O2. The number of H-pyrrole nitrogens is 1. The molecule has 0 radical (unpaired) electrons. The monoisotopic (exact) mass is 266 g/mol. The molecule has 0 aliphatic heterocycles. The van der Waals surface area contributed by atoms with Crippen molar-refractivity contribution in [1.82, 2.24) is 9.97 Å². The lowest BCUT2D eigenvalue weighted by Gasteiger charge is -2.08. The number of benzene rings is 2. The molecule has 0 aliphatic rings. The first-order valence-electron chi connectivity index (χ1n) is 6.34. The molecule has 3 N–H and O–H groups in total. The Morgan fingerprint density at radius 3 is 2.30 bits per heavy atom. The van der Waals surface area contributed by atoms with Crippen LogP contribution in [0.5, 0.6) is 11.8 Å². The second-order valence-corrected chi connectivity index (χ2v) is 4.56. The summed E-state index contributed by atoms with van der Waals surface area (Å²) in [6.07, 6.45) is 0.513. The maximum atomic E-state index is 9.34. The van der Waals surface area contributed by atoms with Gasteiger partial charge in [0.15, 0.2) is 0 Å². The number of nitrogens with zero attached hydrogens (tertiary/aromatic N) is 1. The number of rotatable bonds is 3. The van der Waals surface area contributed by atoms with Crippen LogP contribution in [0.15, 0.2) is 54.6 Å². The first-order valence-corrected chi connectivity index (χ1v) is 6.34. The Labute approximate surface area is 116 Å². The van der Waals surface area contributed by atoms with Gasteiger partial charge in [0.1, 0.15) is 5.82 Å². The van der Waals surface area contributed by atoms with Crippen molar-refractivity contribution in [3.8, 4) is 22.9 Å². The lowest BCUT2D eigenvalue weighted by Crippen LogP contribution is -1.94. The minimum Gasteiger partial charge on any atom is -0.491 e. The third-order valence-corrected chi connectivity index (χ3v) is 3.18. The fraction of sp³-hybridized carbons (Fsp3) is 0.0625. The van der Waals surface area contributed by atoms with E-state index in [-0.39, 0.29) is 11.8 Å². The lowest BCUT2D eigenvalue weighted by molar-refractivity contribution is 0.386. The van der Waals surface area contributed by atoms with Gasteiger partial charge in [-0.05, 0) is 16.7 Å². The second-order valence-electron chi connectivity index (χ2n) is 4.56. The van der Waals surface area contributed by atoms with Gasteiger partial charge in [0.25, 0.3) is 11.8 Å². The van der Waals surface area contributed by atoms with Crippen molar-refractivity contribution in [2.75, 3.05) is 0 Å². The molecule has 1 heterocycles. The van der Waals surface area contributed by atoms with Gasteiger partial charge in [0.05, 0.1) is 0 Å². The molecule has 3 rings (SSSR count). The van der Waals surface area contributed by atoms with Crippen molar-refractivity contribution in [2.45, 2.75) is 6.42 Å². The molecule has 0 bridgehead atoms. The van der Waals surface area contributed by atoms with Crippen LogP contribution in [0.3, 0.4) is 0 Å². The third kappa shape index (κ3) is 2.36. The van der Waals surface area contributed by atoms with Crippen molar-refractivity contribution < 1.29 is 10.2 Å². The Balaban J connectivity index is 1.98. The van der Waals surface area contributed by atoms with E-state index in [0.717, 1.165) is 16.7 Å². The van der Waals surface area contributed by atoms with E-state index in [1.807, 2.05) is 42.5 Å². The van der Waals surface area contributed by atoms with E-state index in [9.17, 15) is 10.2 Å². The maximum Gasteiger partial charge on any atom is 0.275 e. The zero-order valence-electron chi connectivity index (χ0n) is 10.7. The summed E-state index contributed by atoms with van der Waals surface area (Å²) < 4.78 is 0. The number of hydrogen-bond acceptors (Lipinski definition) is 3. The summed E-state index contributed by atoms with van der Waals surface area (Å²) >= 11 is 0. The Morgan fingerprint density at radius 1 is 0.900 bits per heavy atom. The van der Waals surface area contributed by atoms with E-state index in [4.69, 9.17) is 0 Å². The van der Waals surface area contributed by atoms with E-state index in [2.05, 4.69) is 22.1 Å². The van der Waals surface area contributed by atoms with Gasteiger partial charge in [-0.2, -0.15) is 4.98 Å². The van der Waals surface area contributed by atoms with Crippen LogP contribution in [0.1, 0.15) is 11.4 Å². The largest absolute Gasteiger partial charge is 0.491 e. The molecule has 4 heteroatoms. The minimum atomic E-state index is -0.364. The number of aromatic amines is 1. The normalized spacial score (nSPS) is 10.6. The van der Waals surface area contributed by atoms with E-state index in [1.165, 1.54) is 0 Å². The molecule has 20 heavy (non-hydrogen) atoms. The molecule has 3 aromatic rings. The average molecular weight is 266 g/mol. The standard InChI is InChI=1S/C16H14N2O2/c19-15-16(20)18-14(17-15)10-12-8-4-5-9-13(12)11-6-2-1-3-7-11/h1-9,19-20H,10H2,(H,17,18). The number of aromatic hydroxyl groups is 2. The summed E-state index contributed by atoms with van der Waals surface area (Å²) in [5, 5.41) is 18.6. The Morgan fingerprint density at radius 2 is 1.60 bits per heavy atom. The summed E-state index contributed by atoms with van der Waals surface area (Å²) in [7, 11) is 0. The predicted molar refractivity (Wildman–Crippen MR) is 76.6 cm³/mol. The van der Waals surface area contributed by atoms with Crippen molar-refractivity contribution in [1.29, 1.82) is 0 Å². The summed E-state index contributed by atoms with van der Waals surface area (Å²) in [6.45, 7) is 0. The predicted octanol–water partition coefficient (Wildman–Crippen LogP) is 3.08. The summed E-state index contributed by atoms with van der Waals surface area (Å²) in [6, 6.07) is 18.1. The van der Waals surface area contributed by atoms with Gasteiger partial charge >= 0.3 is 0 Å². The number of nitrogens with one attached hydrogen (secondary N) is 1. The molecule has 0 saturated carbocycles. The summed E-state index contributed by atoms with van der Waals surface area (Å²) in [4.78, 5) is 6.56.